The summed E-state index contributed by atoms with van der Waals surface area (Å²) in [6.07, 6.45) is 1.83. The van der Waals surface area contributed by atoms with Gasteiger partial charge in [0.1, 0.15) is 0 Å². The third-order valence-corrected chi connectivity index (χ3v) is 6.59. The SMILES string of the molecule is CNC(=O)[C@@H]1CC[C@](C)(C(=O)NCCc2nc(C(=O)O)cs2)C1(C)C. The Kier molecular flexibility index (Phi) is 5.51. The normalized spacial score (nSPS) is 24.7. The topological polar surface area (TPSA) is 108 Å². The van der Waals surface area contributed by atoms with Gasteiger partial charge in [-0.2, -0.15) is 0 Å². The van der Waals surface area contributed by atoms with E-state index >= 15 is 0 Å². The molecule has 0 bridgehead atoms. The first-order valence-electron chi connectivity index (χ1n) is 8.31. The van der Waals surface area contributed by atoms with E-state index in [4.69, 9.17) is 5.11 Å². The zero-order valence-corrected chi connectivity index (χ0v) is 15.8. The van der Waals surface area contributed by atoms with Crippen molar-refractivity contribution in [3.05, 3.63) is 16.1 Å². The number of hydrogen-bond donors (Lipinski definition) is 3. The van der Waals surface area contributed by atoms with Gasteiger partial charge in [-0.05, 0) is 18.3 Å². The van der Waals surface area contributed by atoms with E-state index in [-0.39, 0.29) is 23.4 Å². The fraction of sp³-hybridized carbons (Fsp3) is 0.647. The van der Waals surface area contributed by atoms with Gasteiger partial charge >= 0.3 is 5.97 Å². The lowest BCUT2D eigenvalue weighted by Gasteiger charge is -2.39. The molecule has 2 amide bonds. The standard InChI is InChI=1S/C17H25N3O4S/c1-16(2)10(13(21)18-4)5-7-17(16,3)15(24)19-8-6-12-20-11(9-25-12)14(22)23/h9-10H,5-8H2,1-4H3,(H,18,21)(H,19,24)(H,22,23)/t10-,17+/m0/s1. The van der Waals surface area contributed by atoms with Gasteiger partial charge in [-0.25, -0.2) is 9.78 Å². The van der Waals surface area contributed by atoms with Gasteiger partial charge in [0.25, 0.3) is 0 Å². The molecule has 1 saturated carbocycles. The van der Waals surface area contributed by atoms with E-state index in [9.17, 15) is 14.4 Å². The van der Waals surface area contributed by atoms with Gasteiger partial charge in [0.2, 0.25) is 11.8 Å². The number of amides is 2. The Bertz CT molecular complexity index is 685. The van der Waals surface area contributed by atoms with Crippen molar-refractivity contribution in [3.63, 3.8) is 0 Å². The summed E-state index contributed by atoms with van der Waals surface area (Å²) in [5.41, 5.74) is -1.04. The number of aromatic nitrogens is 1. The molecule has 1 aromatic heterocycles. The Morgan fingerprint density at radius 1 is 1.36 bits per heavy atom. The molecule has 1 aliphatic rings. The summed E-state index contributed by atoms with van der Waals surface area (Å²) in [5, 5.41) is 16.7. The van der Waals surface area contributed by atoms with Crippen LogP contribution in [0.3, 0.4) is 0 Å². The third-order valence-electron chi connectivity index (χ3n) is 5.69. The van der Waals surface area contributed by atoms with E-state index in [0.29, 0.717) is 30.8 Å². The summed E-state index contributed by atoms with van der Waals surface area (Å²) in [6.45, 7) is 6.25. The molecule has 1 fully saturated rings. The molecule has 3 N–H and O–H groups in total. The van der Waals surface area contributed by atoms with Crippen molar-refractivity contribution < 1.29 is 19.5 Å². The van der Waals surface area contributed by atoms with Crippen molar-refractivity contribution in [1.82, 2.24) is 15.6 Å². The number of nitrogens with zero attached hydrogens (tertiary/aromatic N) is 1. The van der Waals surface area contributed by atoms with E-state index in [1.165, 1.54) is 16.7 Å². The van der Waals surface area contributed by atoms with Gasteiger partial charge in [0, 0.05) is 31.3 Å². The van der Waals surface area contributed by atoms with Crippen LogP contribution in [0.1, 0.15) is 49.1 Å². The van der Waals surface area contributed by atoms with E-state index in [1.54, 1.807) is 7.05 Å². The summed E-state index contributed by atoms with van der Waals surface area (Å²) in [4.78, 5) is 39.7. The van der Waals surface area contributed by atoms with Crippen molar-refractivity contribution in [3.8, 4) is 0 Å². The summed E-state index contributed by atoms with van der Waals surface area (Å²) in [7, 11) is 1.62. The molecule has 7 nitrogen and oxygen atoms in total. The Morgan fingerprint density at radius 2 is 2.04 bits per heavy atom. The molecule has 1 aliphatic carbocycles. The number of rotatable bonds is 6. The predicted octanol–water partition coefficient (Wildman–Crippen LogP) is 1.69. The Hall–Kier alpha value is -1.96. The van der Waals surface area contributed by atoms with Crippen molar-refractivity contribution >= 4 is 29.1 Å². The summed E-state index contributed by atoms with van der Waals surface area (Å²) >= 11 is 1.27. The first-order valence-corrected chi connectivity index (χ1v) is 9.19. The highest BCUT2D eigenvalue weighted by Gasteiger charge is 2.57. The molecule has 0 aromatic carbocycles. The molecule has 25 heavy (non-hydrogen) atoms. The highest BCUT2D eigenvalue weighted by atomic mass is 32.1. The molecular formula is C17H25N3O4S. The van der Waals surface area contributed by atoms with Crippen molar-refractivity contribution in [2.75, 3.05) is 13.6 Å². The van der Waals surface area contributed by atoms with Gasteiger partial charge in [-0.15, -0.1) is 11.3 Å². The molecule has 0 saturated heterocycles. The number of carboxylic acids is 1. The molecule has 138 valence electrons. The smallest absolute Gasteiger partial charge is 0.355 e. The zero-order chi connectivity index (χ0) is 18.8. The lowest BCUT2D eigenvalue weighted by Crippen LogP contribution is -2.49. The number of hydrogen-bond acceptors (Lipinski definition) is 5. The van der Waals surface area contributed by atoms with Crippen LogP contribution >= 0.6 is 11.3 Å². The maximum absolute atomic E-state index is 12.8. The summed E-state index contributed by atoms with van der Waals surface area (Å²) < 4.78 is 0. The Labute approximate surface area is 151 Å². The van der Waals surface area contributed by atoms with Gasteiger partial charge in [0.15, 0.2) is 5.69 Å². The monoisotopic (exact) mass is 367 g/mol. The summed E-state index contributed by atoms with van der Waals surface area (Å²) in [6, 6.07) is 0. The number of aromatic carboxylic acids is 1. The van der Waals surface area contributed by atoms with Crippen molar-refractivity contribution in [1.29, 1.82) is 0 Å². The largest absolute Gasteiger partial charge is 0.476 e. The second-order valence-electron chi connectivity index (χ2n) is 7.20. The number of carbonyl (C=O) groups excluding carboxylic acids is 2. The van der Waals surface area contributed by atoms with Crippen LogP contribution in [0.4, 0.5) is 0 Å². The minimum Gasteiger partial charge on any atom is -0.476 e. The highest BCUT2D eigenvalue weighted by Crippen LogP contribution is 2.56. The minimum atomic E-state index is -1.05. The van der Waals surface area contributed by atoms with Crippen LogP contribution in [0.2, 0.25) is 0 Å². The predicted molar refractivity (Wildman–Crippen MR) is 94.5 cm³/mol. The van der Waals surface area contributed by atoms with E-state index in [1.807, 2.05) is 20.8 Å². The lowest BCUT2D eigenvalue weighted by molar-refractivity contribution is -0.138. The number of nitrogens with one attached hydrogen (secondary N) is 2. The summed E-state index contributed by atoms with van der Waals surface area (Å²) in [5.74, 6) is -1.33. The van der Waals surface area contributed by atoms with Gasteiger partial charge < -0.3 is 15.7 Å². The molecule has 0 aliphatic heterocycles. The molecule has 2 rings (SSSR count). The van der Waals surface area contributed by atoms with Crippen LogP contribution in [0.25, 0.3) is 0 Å². The first-order chi connectivity index (χ1) is 11.6. The van der Waals surface area contributed by atoms with E-state index in [0.717, 1.165) is 0 Å². The minimum absolute atomic E-state index is 0.0227. The van der Waals surface area contributed by atoms with E-state index in [2.05, 4.69) is 15.6 Å². The maximum atomic E-state index is 12.8. The van der Waals surface area contributed by atoms with Gasteiger partial charge in [-0.3, -0.25) is 9.59 Å². The molecule has 0 unspecified atom stereocenters. The van der Waals surface area contributed by atoms with Gasteiger partial charge in [-0.1, -0.05) is 20.8 Å². The fourth-order valence-electron chi connectivity index (χ4n) is 3.54. The van der Waals surface area contributed by atoms with Crippen LogP contribution in [0.5, 0.6) is 0 Å². The van der Waals surface area contributed by atoms with Crippen molar-refractivity contribution in [2.24, 2.45) is 16.7 Å². The van der Waals surface area contributed by atoms with Crippen molar-refractivity contribution in [2.45, 2.75) is 40.0 Å². The Balaban J connectivity index is 1.97. The fourth-order valence-corrected chi connectivity index (χ4v) is 4.31. The van der Waals surface area contributed by atoms with Crippen LogP contribution in [-0.4, -0.2) is 41.5 Å². The second kappa shape index (κ2) is 7.11. The van der Waals surface area contributed by atoms with Crippen LogP contribution in [0, 0.1) is 16.7 Å². The lowest BCUT2D eigenvalue weighted by atomic mass is 9.65. The highest BCUT2D eigenvalue weighted by molar-refractivity contribution is 7.09. The molecule has 1 aromatic rings. The van der Waals surface area contributed by atoms with Gasteiger partial charge in [0.05, 0.1) is 10.4 Å². The average Bonchev–Trinajstić information content (AvgIpc) is 3.11. The molecule has 2 atom stereocenters. The third kappa shape index (κ3) is 3.53. The molecular weight excluding hydrogens is 342 g/mol. The molecule has 1 heterocycles. The van der Waals surface area contributed by atoms with Crippen LogP contribution < -0.4 is 10.6 Å². The number of carbonyl (C=O) groups is 3. The van der Waals surface area contributed by atoms with E-state index < -0.39 is 16.8 Å². The van der Waals surface area contributed by atoms with Crippen LogP contribution in [-0.2, 0) is 16.0 Å². The molecule has 8 heteroatoms. The Morgan fingerprint density at radius 3 is 2.60 bits per heavy atom. The molecule has 0 spiro atoms. The number of thiazole rings is 1. The average molecular weight is 367 g/mol. The van der Waals surface area contributed by atoms with Crippen LogP contribution in [0.15, 0.2) is 5.38 Å². The molecule has 0 radical (unpaired) electrons. The second-order valence-corrected chi connectivity index (χ2v) is 8.14. The maximum Gasteiger partial charge on any atom is 0.355 e. The quantitative estimate of drug-likeness (QED) is 0.709. The number of carboxylic acid groups (broad SMARTS) is 1. The first kappa shape index (κ1) is 19.4. The zero-order valence-electron chi connectivity index (χ0n) is 15.0.